The molecule has 0 bridgehead atoms. The second-order valence-electron chi connectivity index (χ2n) is 6.95. The fraction of sp³-hybridized carbons (Fsp3) is 0.526. The van der Waals surface area contributed by atoms with Crippen LogP contribution >= 0.6 is 0 Å². The molecular formula is C19H27N5O. The molecular weight excluding hydrogens is 314 g/mol. The van der Waals surface area contributed by atoms with E-state index in [0.717, 1.165) is 32.4 Å². The summed E-state index contributed by atoms with van der Waals surface area (Å²) < 4.78 is 0. The predicted molar refractivity (Wildman–Crippen MR) is 97.9 cm³/mol. The van der Waals surface area contributed by atoms with Gasteiger partial charge in [-0.15, -0.1) is 5.10 Å². The Labute approximate surface area is 148 Å². The highest BCUT2D eigenvalue weighted by Gasteiger charge is 2.23. The first-order chi connectivity index (χ1) is 12.1. The molecule has 1 fully saturated rings. The fourth-order valence-corrected chi connectivity index (χ4v) is 3.58. The highest BCUT2D eigenvalue weighted by molar-refractivity contribution is 5.76. The molecule has 134 valence electrons. The van der Waals surface area contributed by atoms with Gasteiger partial charge in [-0.2, -0.15) is 4.98 Å². The average molecular weight is 341 g/mol. The van der Waals surface area contributed by atoms with Crippen molar-refractivity contribution < 1.29 is 4.79 Å². The van der Waals surface area contributed by atoms with Gasteiger partial charge in [0.2, 0.25) is 11.9 Å². The Morgan fingerprint density at radius 3 is 2.96 bits per heavy atom. The van der Waals surface area contributed by atoms with Crippen LogP contribution in [0.2, 0.25) is 0 Å². The number of benzene rings is 1. The number of amides is 1. The van der Waals surface area contributed by atoms with Crippen molar-refractivity contribution >= 4 is 11.9 Å². The van der Waals surface area contributed by atoms with Crippen LogP contribution in [-0.4, -0.2) is 39.1 Å². The third-order valence-electron chi connectivity index (χ3n) is 5.08. The maximum atomic E-state index is 12.5. The number of anilines is 1. The Balaban J connectivity index is 1.47. The topological polar surface area (TPSA) is 87.9 Å². The molecule has 1 amide bonds. The quantitative estimate of drug-likeness (QED) is 0.845. The van der Waals surface area contributed by atoms with E-state index in [1.165, 1.54) is 17.5 Å². The predicted octanol–water partition coefficient (Wildman–Crippen LogP) is 2.50. The maximum Gasteiger partial charge on any atom is 0.239 e. The van der Waals surface area contributed by atoms with E-state index < -0.39 is 0 Å². The summed E-state index contributed by atoms with van der Waals surface area (Å²) >= 11 is 0. The summed E-state index contributed by atoms with van der Waals surface area (Å²) in [7, 11) is 0. The zero-order valence-corrected chi connectivity index (χ0v) is 14.9. The number of aryl methyl sites for hydroxylation is 3. The monoisotopic (exact) mass is 341 g/mol. The van der Waals surface area contributed by atoms with Gasteiger partial charge in [0.1, 0.15) is 5.82 Å². The number of nitrogens with zero attached hydrogens (tertiary/aromatic N) is 3. The molecule has 1 unspecified atom stereocenters. The van der Waals surface area contributed by atoms with E-state index in [4.69, 9.17) is 5.73 Å². The van der Waals surface area contributed by atoms with Gasteiger partial charge in [-0.1, -0.05) is 24.3 Å². The van der Waals surface area contributed by atoms with Crippen LogP contribution in [0.1, 0.15) is 42.6 Å². The lowest BCUT2D eigenvalue weighted by atomic mass is 9.90. The second-order valence-corrected chi connectivity index (χ2v) is 6.95. The van der Waals surface area contributed by atoms with Gasteiger partial charge in [-0.25, -0.2) is 0 Å². The van der Waals surface area contributed by atoms with Gasteiger partial charge in [-0.3, -0.25) is 9.89 Å². The van der Waals surface area contributed by atoms with Gasteiger partial charge in [0.05, 0.1) is 0 Å². The number of carbonyl (C=O) groups is 1. The minimum Gasteiger partial charge on any atom is -0.367 e. The van der Waals surface area contributed by atoms with Crippen LogP contribution in [0.4, 0.5) is 5.95 Å². The van der Waals surface area contributed by atoms with E-state index in [2.05, 4.69) is 46.4 Å². The van der Waals surface area contributed by atoms with Crippen molar-refractivity contribution in [2.45, 2.75) is 45.4 Å². The van der Waals surface area contributed by atoms with Gasteiger partial charge >= 0.3 is 0 Å². The van der Waals surface area contributed by atoms with E-state index in [9.17, 15) is 4.79 Å². The van der Waals surface area contributed by atoms with Crippen molar-refractivity contribution in [3.05, 3.63) is 41.2 Å². The van der Waals surface area contributed by atoms with Crippen LogP contribution in [0.3, 0.4) is 0 Å². The van der Waals surface area contributed by atoms with Crippen LogP contribution < -0.4 is 5.73 Å². The molecule has 0 saturated carbocycles. The number of hydrogen-bond donors (Lipinski definition) is 2. The molecule has 1 saturated heterocycles. The van der Waals surface area contributed by atoms with Gasteiger partial charge in [0, 0.05) is 25.9 Å². The van der Waals surface area contributed by atoms with Gasteiger partial charge in [0.15, 0.2) is 0 Å². The summed E-state index contributed by atoms with van der Waals surface area (Å²) in [4.78, 5) is 18.6. The number of nitrogen functional groups attached to an aromatic ring is 1. The Kier molecular flexibility index (Phi) is 5.68. The number of aromatic nitrogens is 3. The molecule has 0 aliphatic carbocycles. The second kappa shape index (κ2) is 8.14. The number of hydrogen-bond acceptors (Lipinski definition) is 4. The number of piperidine rings is 1. The Hall–Kier alpha value is -2.37. The molecule has 1 aliphatic heterocycles. The third-order valence-corrected chi connectivity index (χ3v) is 5.08. The molecule has 1 aliphatic rings. The van der Waals surface area contributed by atoms with Gasteiger partial charge in [0.25, 0.3) is 0 Å². The van der Waals surface area contributed by atoms with Crippen molar-refractivity contribution in [2.24, 2.45) is 5.92 Å². The zero-order valence-electron chi connectivity index (χ0n) is 14.9. The Bertz CT molecular complexity index is 711. The summed E-state index contributed by atoms with van der Waals surface area (Å²) in [5, 5.41) is 6.56. The van der Waals surface area contributed by atoms with Crippen LogP contribution in [0, 0.1) is 12.8 Å². The number of nitrogens with two attached hydrogens (primary N) is 1. The van der Waals surface area contributed by atoms with Crippen molar-refractivity contribution in [3.63, 3.8) is 0 Å². The highest BCUT2D eigenvalue weighted by atomic mass is 16.2. The van der Waals surface area contributed by atoms with Crippen molar-refractivity contribution in [1.29, 1.82) is 0 Å². The molecule has 6 nitrogen and oxygen atoms in total. The number of carbonyl (C=O) groups excluding carboxylic acids is 1. The summed E-state index contributed by atoms with van der Waals surface area (Å²) in [6.07, 6.45) is 5.57. The highest BCUT2D eigenvalue weighted by Crippen LogP contribution is 2.23. The molecule has 1 aromatic carbocycles. The molecule has 25 heavy (non-hydrogen) atoms. The number of nitrogens with one attached hydrogen (secondary N) is 1. The van der Waals surface area contributed by atoms with E-state index in [-0.39, 0.29) is 11.9 Å². The Morgan fingerprint density at radius 1 is 1.36 bits per heavy atom. The molecule has 2 aromatic rings. The zero-order chi connectivity index (χ0) is 17.6. The molecule has 3 rings (SSSR count). The van der Waals surface area contributed by atoms with Crippen LogP contribution in [0.5, 0.6) is 0 Å². The molecule has 0 spiro atoms. The van der Waals surface area contributed by atoms with Crippen LogP contribution in [0.25, 0.3) is 0 Å². The normalized spacial score (nSPS) is 17.6. The molecule has 1 aromatic heterocycles. The number of aromatic amines is 1. The van der Waals surface area contributed by atoms with E-state index in [1.807, 2.05) is 4.90 Å². The SMILES string of the molecule is Cc1ccccc1CCC1CCCN(C(=O)CCc2nc(N)n[nH]2)C1. The van der Waals surface area contributed by atoms with Crippen molar-refractivity contribution in [1.82, 2.24) is 20.1 Å². The average Bonchev–Trinajstić information content (AvgIpc) is 3.04. The van der Waals surface area contributed by atoms with Crippen LogP contribution in [-0.2, 0) is 17.6 Å². The molecule has 2 heterocycles. The maximum absolute atomic E-state index is 12.5. The summed E-state index contributed by atoms with van der Waals surface area (Å²) in [6.45, 7) is 3.92. The van der Waals surface area contributed by atoms with E-state index in [1.54, 1.807) is 0 Å². The molecule has 3 N–H and O–H groups in total. The summed E-state index contributed by atoms with van der Waals surface area (Å²) in [5.41, 5.74) is 8.27. The third kappa shape index (κ3) is 4.81. The first-order valence-corrected chi connectivity index (χ1v) is 9.11. The minimum absolute atomic E-state index is 0.204. The van der Waals surface area contributed by atoms with Crippen molar-refractivity contribution in [2.75, 3.05) is 18.8 Å². The van der Waals surface area contributed by atoms with Gasteiger partial charge in [-0.05, 0) is 49.7 Å². The van der Waals surface area contributed by atoms with Gasteiger partial charge < -0.3 is 10.6 Å². The first kappa shape index (κ1) is 17.5. The van der Waals surface area contributed by atoms with E-state index >= 15 is 0 Å². The number of H-pyrrole nitrogens is 1. The minimum atomic E-state index is 0.204. The largest absolute Gasteiger partial charge is 0.367 e. The first-order valence-electron chi connectivity index (χ1n) is 9.11. The smallest absolute Gasteiger partial charge is 0.239 e. The summed E-state index contributed by atoms with van der Waals surface area (Å²) in [5.74, 6) is 1.71. The summed E-state index contributed by atoms with van der Waals surface area (Å²) in [6, 6.07) is 8.57. The lowest BCUT2D eigenvalue weighted by molar-refractivity contribution is -0.133. The van der Waals surface area contributed by atoms with E-state index in [0.29, 0.717) is 24.6 Å². The fourth-order valence-electron chi connectivity index (χ4n) is 3.58. The Morgan fingerprint density at radius 2 is 2.20 bits per heavy atom. The van der Waals surface area contributed by atoms with Crippen LogP contribution in [0.15, 0.2) is 24.3 Å². The number of likely N-dealkylation sites (tertiary alicyclic amines) is 1. The number of rotatable bonds is 6. The molecule has 0 radical (unpaired) electrons. The molecule has 1 atom stereocenters. The molecule has 6 heteroatoms. The van der Waals surface area contributed by atoms with Crippen molar-refractivity contribution in [3.8, 4) is 0 Å². The lowest BCUT2D eigenvalue weighted by Gasteiger charge is -2.33. The lowest BCUT2D eigenvalue weighted by Crippen LogP contribution is -2.40. The standard InChI is InChI=1S/C19H27N5O/c1-14-5-2-3-7-16(14)9-8-15-6-4-12-24(13-15)18(25)11-10-17-21-19(20)23-22-17/h2-3,5,7,15H,4,6,8-13H2,1H3,(H3,20,21,22,23).